The van der Waals surface area contributed by atoms with Gasteiger partial charge in [-0.15, -0.1) is 0 Å². The van der Waals surface area contributed by atoms with Crippen molar-refractivity contribution in [2.24, 2.45) is 11.7 Å². The second kappa shape index (κ2) is 12.1. The van der Waals surface area contributed by atoms with E-state index in [2.05, 4.69) is 20.6 Å². The van der Waals surface area contributed by atoms with Crippen LogP contribution in [-0.2, 0) is 30.4 Å². The number of nitrogens with one attached hydrogen (secondary N) is 3. The van der Waals surface area contributed by atoms with Crippen molar-refractivity contribution in [3.05, 3.63) is 18.2 Å². The number of nitrogens with two attached hydrogens (primary N) is 1. The Bertz CT molecular complexity index is 888. The molecular weight excluding hydrogens is 448 g/mol. The van der Waals surface area contributed by atoms with Gasteiger partial charge in [-0.3, -0.25) is 19.2 Å². The minimum absolute atomic E-state index is 0.118. The van der Waals surface area contributed by atoms with Gasteiger partial charge in [0.15, 0.2) is 0 Å². The SMILES string of the molecule is CC(C)CC(N)C(=O)N1CCCC1C(=O)NC(CC(=O)O)C(=O)NC(Cc1cnc[nH]1)C(=O)O. The minimum Gasteiger partial charge on any atom is -0.481 e. The number of likely N-dealkylation sites (tertiary alicyclic amines) is 1. The van der Waals surface area contributed by atoms with Gasteiger partial charge >= 0.3 is 11.9 Å². The van der Waals surface area contributed by atoms with E-state index in [-0.39, 0.29) is 18.2 Å². The summed E-state index contributed by atoms with van der Waals surface area (Å²) >= 11 is 0. The number of aliphatic carboxylic acids is 2. The Balaban J connectivity index is 2.09. The maximum atomic E-state index is 12.9. The van der Waals surface area contributed by atoms with Crippen LogP contribution in [0.5, 0.6) is 0 Å². The number of carbonyl (C=O) groups is 5. The van der Waals surface area contributed by atoms with E-state index in [9.17, 15) is 34.2 Å². The highest BCUT2D eigenvalue weighted by atomic mass is 16.4. The number of imidazole rings is 1. The molecule has 4 unspecified atom stereocenters. The van der Waals surface area contributed by atoms with Crippen molar-refractivity contribution in [2.45, 2.75) is 70.1 Å². The summed E-state index contributed by atoms with van der Waals surface area (Å²) in [5.74, 6) is -4.55. The molecule has 0 saturated carbocycles. The molecular formula is C21H32N6O7. The van der Waals surface area contributed by atoms with Crippen LogP contribution in [0.1, 0.15) is 45.2 Å². The number of rotatable bonds is 12. The molecule has 13 heteroatoms. The highest BCUT2D eigenvalue weighted by molar-refractivity contribution is 5.95. The Morgan fingerprint density at radius 3 is 2.47 bits per heavy atom. The lowest BCUT2D eigenvalue weighted by atomic mass is 10.0. The molecule has 188 valence electrons. The summed E-state index contributed by atoms with van der Waals surface area (Å²) in [6.07, 6.45) is 3.21. The number of carboxylic acid groups (broad SMARTS) is 2. The number of carboxylic acids is 2. The van der Waals surface area contributed by atoms with E-state index in [1.807, 2.05) is 13.8 Å². The average molecular weight is 481 g/mol. The van der Waals surface area contributed by atoms with E-state index in [4.69, 9.17) is 5.73 Å². The zero-order chi connectivity index (χ0) is 25.4. The third-order valence-corrected chi connectivity index (χ3v) is 5.49. The molecule has 7 N–H and O–H groups in total. The number of carbonyl (C=O) groups excluding carboxylic acids is 3. The van der Waals surface area contributed by atoms with E-state index >= 15 is 0 Å². The topological polar surface area (TPSA) is 208 Å². The molecule has 0 aromatic carbocycles. The van der Waals surface area contributed by atoms with E-state index in [1.54, 1.807) is 0 Å². The van der Waals surface area contributed by atoms with E-state index < -0.39 is 54.3 Å². The molecule has 13 nitrogen and oxygen atoms in total. The Morgan fingerprint density at radius 2 is 1.91 bits per heavy atom. The molecule has 0 spiro atoms. The summed E-state index contributed by atoms with van der Waals surface area (Å²) in [4.78, 5) is 69.2. The first-order chi connectivity index (χ1) is 16.0. The van der Waals surface area contributed by atoms with Gasteiger partial charge in [-0.05, 0) is 25.2 Å². The molecule has 1 fully saturated rings. The Hall–Kier alpha value is -3.48. The highest BCUT2D eigenvalue weighted by Crippen LogP contribution is 2.20. The Kier molecular flexibility index (Phi) is 9.54. The first kappa shape index (κ1) is 26.8. The maximum absolute atomic E-state index is 12.9. The highest BCUT2D eigenvalue weighted by Gasteiger charge is 2.38. The fourth-order valence-electron chi connectivity index (χ4n) is 3.87. The lowest BCUT2D eigenvalue weighted by Crippen LogP contribution is -2.57. The van der Waals surface area contributed by atoms with Crippen molar-refractivity contribution in [2.75, 3.05) is 6.54 Å². The third kappa shape index (κ3) is 7.54. The fourth-order valence-corrected chi connectivity index (χ4v) is 3.87. The fraction of sp³-hybridized carbons (Fsp3) is 0.619. The van der Waals surface area contributed by atoms with Gasteiger partial charge in [0.2, 0.25) is 17.7 Å². The summed E-state index contributed by atoms with van der Waals surface area (Å²) in [6.45, 7) is 4.17. The molecule has 3 amide bonds. The van der Waals surface area contributed by atoms with Gasteiger partial charge < -0.3 is 36.5 Å². The predicted molar refractivity (Wildman–Crippen MR) is 118 cm³/mol. The van der Waals surface area contributed by atoms with E-state index in [0.717, 1.165) is 0 Å². The normalized spacial score (nSPS) is 18.2. The first-order valence-corrected chi connectivity index (χ1v) is 11.1. The summed E-state index contributed by atoms with van der Waals surface area (Å²) < 4.78 is 0. The van der Waals surface area contributed by atoms with Crippen LogP contribution < -0.4 is 16.4 Å². The van der Waals surface area contributed by atoms with Crippen molar-refractivity contribution in [3.8, 4) is 0 Å². The van der Waals surface area contributed by atoms with E-state index in [1.165, 1.54) is 17.4 Å². The third-order valence-electron chi connectivity index (χ3n) is 5.49. The zero-order valence-corrected chi connectivity index (χ0v) is 19.2. The van der Waals surface area contributed by atoms with Gasteiger partial charge in [0, 0.05) is 24.9 Å². The van der Waals surface area contributed by atoms with Gasteiger partial charge in [0.25, 0.3) is 0 Å². The van der Waals surface area contributed by atoms with Crippen LogP contribution in [0, 0.1) is 5.92 Å². The minimum atomic E-state index is -1.53. The van der Waals surface area contributed by atoms with Gasteiger partial charge in [-0.1, -0.05) is 13.8 Å². The van der Waals surface area contributed by atoms with Crippen molar-refractivity contribution in [1.29, 1.82) is 0 Å². The van der Waals surface area contributed by atoms with E-state index in [0.29, 0.717) is 31.5 Å². The van der Waals surface area contributed by atoms with Gasteiger partial charge in [0.05, 0.1) is 18.8 Å². The van der Waals surface area contributed by atoms with Crippen LogP contribution in [0.25, 0.3) is 0 Å². The maximum Gasteiger partial charge on any atom is 0.326 e. The zero-order valence-electron chi connectivity index (χ0n) is 19.2. The Labute approximate surface area is 196 Å². The monoisotopic (exact) mass is 480 g/mol. The number of aromatic amines is 1. The number of aromatic nitrogens is 2. The standard InChI is InChI=1S/C21H32N6O7/c1-11(2)6-13(22)20(32)27-5-3-4-16(27)19(31)25-14(8-17(28)29)18(30)26-15(21(33)34)7-12-9-23-10-24-12/h9-11,13-16H,3-8,22H2,1-2H3,(H,23,24)(H,25,31)(H,26,30)(H,28,29)(H,33,34). The largest absolute Gasteiger partial charge is 0.481 e. The predicted octanol–water partition coefficient (Wildman–Crippen LogP) is -1.15. The smallest absolute Gasteiger partial charge is 0.326 e. The summed E-state index contributed by atoms with van der Waals surface area (Å²) in [5.41, 5.74) is 6.44. The summed E-state index contributed by atoms with van der Waals surface area (Å²) in [5, 5.41) is 23.3. The molecule has 34 heavy (non-hydrogen) atoms. The van der Waals surface area contributed by atoms with Crippen LogP contribution in [0.3, 0.4) is 0 Å². The molecule has 1 saturated heterocycles. The number of H-pyrrole nitrogens is 1. The van der Waals surface area contributed by atoms with Gasteiger partial charge in [0.1, 0.15) is 18.1 Å². The first-order valence-electron chi connectivity index (χ1n) is 11.1. The lowest BCUT2D eigenvalue weighted by Gasteiger charge is -2.28. The van der Waals surface area contributed by atoms with Crippen LogP contribution in [-0.4, -0.2) is 85.5 Å². The molecule has 1 aliphatic rings. The van der Waals surface area contributed by atoms with Gasteiger partial charge in [-0.25, -0.2) is 9.78 Å². The van der Waals surface area contributed by atoms with Crippen molar-refractivity contribution >= 4 is 29.7 Å². The second-order valence-electron chi connectivity index (χ2n) is 8.77. The van der Waals surface area contributed by atoms with Crippen LogP contribution in [0.2, 0.25) is 0 Å². The van der Waals surface area contributed by atoms with Crippen molar-refractivity contribution in [3.63, 3.8) is 0 Å². The average Bonchev–Trinajstić information content (AvgIpc) is 3.43. The molecule has 1 aromatic heterocycles. The molecule has 0 aliphatic carbocycles. The van der Waals surface area contributed by atoms with Crippen LogP contribution in [0.15, 0.2) is 12.5 Å². The van der Waals surface area contributed by atoms with Crippen LogP contribution in [0.4, 0.5) is 0 Å². The molecule has 0 radical (unpaired) electrons. The molecule has 2 heterocycles. The lowest BCUT2D eigenvalue weighted by molar-refractivity contribution is -0.144. The molecule has 0 bridgehead atoms. The summed E-state index contributed by atoms with van der Waals surface area (Å²) in [6, 6.07) is -4.57. The quantitative estimate of drug-likeness (QED) is 0.213. The van der Waals surface area contributed by atoms with Crippen LogP contribution >= 0.6 is 0 Å². The number of amides is 3. The Morgan fingerprint density at radius 1 is 1.21 bits per heavy atom. The van der Waals surface area contributed by atoms with Gasteiger partial charge in [-0.2, -0.15) is 0 Å². The summed E-state index contributed by atoms with van der Waals surface area (Å²) in [7, 11) is 0. The van der Waals surface area contributed by atoms with Crippen molar-refractivity contribution < 1.29 is 34.2 Å². The number of nitrogens with zero attached hydrogens (tertiary/aromatic N) is 2. The number of hydrogen-bond donors (Lipinski definition) is 6. The molecule has 1 aromatic rings. The molecule has 4 atom stereocenters. The molecule has 1 aliphatic heterocycles. The van der Waals surface area contributed by atoms with Crippen molar-refractivity contribution in [1.82, 2.24) is 25.5 Å². The second-order valence-corrected chi connectivity index (χ2v) is 8.77. The molecule has 2 rings (SSSR count). The number of hydrogen-bond acceptors (Lipinski definition) is 7.